The fraction of sp³-hybridized carbons (Fsp3) is 0.240. The van der Waals surface area contributed by atoms with Gasteiger partial charge in [-0.25, -0.2) is 0 Å². The molecule has 0 radical (unpaired) electrons. The van der Waals surface area contributed by atoms with Crippen LogP contribution in [0.25, 0.3) is 0 Å². The van der Waals surface area contributed by atoms with Crippen LogP contribution in [0.1, 0.15) is 16.7 Å². The van der Waals surface area contributed by atoms with Gasteiger partial charge in [-0.3, -0.25) is 9.69 Å². The molecule has 30 heavy (non-hydrogen) atoms. The summed E-state index contributed by atoms with van der Waals surface area (Å²) in [5, 5.41) is 3.07. The fourth-order valence-electron chi connectivity index (χ4n) is 3.60. The van der Waals surface area contributed by atoms with Crippen LogP contribution in [0.5, 0.6) is 11.5 Å². The Kier molecular flexibility index (Phi) is 6.30. The molecule has 0 fully saturated rings. The van der Waals surface area contributed by atoms with Crippen molar-refractivity contribution in [3.8, 4) is 11.5 Å². The Labute approximate surface area is 177 Å². The van der Waals surface area contributed by atoms with E-state index >= 15 is 0 Å². The van der Waals surface area contributed by atoms with Crippen LogP contribution >= 0.6 is 0 Å². The van der Waals surface area contributed by atoms with Crippen LogP contribution in [0, 0.1) is 0 Å². The van der Waals surface area contributed by atoms with Gasteiger partial charge >= 0.3 is 0 Å². The van der Waals surface area contributed by atoms with Crippen LogP contribution in [0.15, 0.2) is 72.8 Å². The second-order valence-electron chi connectivity index (χ2n) is 7.52. The summed E-state index contributed by atoms with van der Waals surface area (Å²) in [5.41, 5.74) is 4.26. The van der Waals surface area contributed by atoms with Crippen LogP contribution in [-0.2, 0) is 17.8 Å². The van der Waals surface area contributed by atoms with Gasteiger partial charge in [-0.2, -0.15) is 0 Å². The number of fused-ring (bicyclic) bond motifs is 1. The predicted molar refractivity (Wildman–Crippen MR) is 118 cm³/mol. The van der Waals surface area contributed by atoms with Crippen LogP contribution in [0.3, 0.4) is 0 Å². The molecule has 5 nitrogen and oxygen atoms in total. The summed E-state index contributed by atoms with van der Waals surface area (Å²) in [4.78, 5) is 14.6. The van der Waals surface area contributed by atoms with Crippen molar-refractivity contribution in [2.45, 2.75) is 13.0 Å². The van der Waals surface area contributed by atoms with E-state index in [-0.39, 0.29) is 5.91 Å². The molecule has 0 aromatic heterocycles. The van der Waals surface area contributed by atoms with Gasteiger partial charge in [0.05, 0.1) is 6.54 Å². The Balaban J connectivity index is 1.35. The molecule has 0 unspecified atom stereocenters. The Bertz CT molecular complexity index is 1000. The monoisotopic (exact) mass is 402 g/mol. The summed E-state index contributed by atoms with van der Waals surface area (Å²) < 4.78 is 11.2. The van der Waals surface area contributed by atoms with Gasteiger partial charge in [0, 0.05) is 12.2 Å². The van der Waals surface area contributed by atoms with Gasteiger partial charge in [0.25, 0.3) is 0 Å². The zero-order valence-electron chi connectivity index (χ0n) is 17.1. The number of benzene rings is 3. The molecular formula is C25H26N2O3. The lowest BCUT2D eigenvalue weighted by Crippen LogP contribution is -2.30. The minimum atomic E-state index is -0.0319. The Morgan fingerprint density at radius 2 is 1.63 bits per heavy atom. The van der Waals surface area contributed by atoms with Crippen molar-refractivity contribution >= 4 is 11.6 Å². The second-order valence-corrected chi connectivity index (χ2v) is 7.52. The number of likely N-dealkylation sites (N-methyl/N-ethyl adjacent to an activating group) is 1. The molecule has 1 aliphatic rings. The number of para-hydroxylation sites is 1. The lowest BCUT2D eigenvalue weighted by molar-refractivity contribution is -0.117. The summed E-state index contributed by atoms with van der Waals surface area (Å²) in [5.74, 6) is 1.52. The molecule has 4 rings (SSSR count). The maximum absolute atomic E-state index is 12.7. The zero-order chi connectivity index (χ0) is 20.8. The SMILES string of the molecule is CN(CC(=O)Nc1ccccc1Cc1ccccc1)Cc1ccc2c(c1)OCCO2. The molecule has 154 valence electrons. The maximum Gasteiger partial charge on any atom is 0.238 e. The minimum Gasteiger partial charge on any atom is -0.486 e. The quantitative estimate of drug-likeness (QED) is 0.646. The predicted octanol–water partition coefficient (Wildman–Crippen LogP) is 4.12. The number of carbonyl (C=O) groups is 1. The first-order valence-electron chi connectivity index (χ1n) is 10.2. The third kappa shape index (κ3) is 5.19. The van der Waals surface area contributed by atoms with E-state index in [2.05, 4.69) is 23.5 Å². The average molecular weight is 402 g/mol. The van der Waals surface area contributed by atoms with E-state index < -0.39 is 0 Å². The molecule has 1 aliphatic heterocycles. The normalized spacial score (nSPS) is 12.6. The number of amides is 1. The third-order valence-corrected chi connectivity index (χ3v) is 5.00. The first kappa shape index (κ1) is 20.0. The molecule has 3 aromatic carbocycles. The van der Waals surface area contributed by atoms with Crippen LogP contribution < -0.4 is 14.8 Å². The fourth-order valence-corrected chi connectivity index (χ4v) is 3.60. The van der Waals surface area contributed by atoms with Gasteiger partial charge in [0.1, 0.15) is 13.2 Å². The summed E-state index contributed by atoms with van der Waals surface area (Å²) in [6.45, 7) is 2.10. The van der Waals surface area contributed by atoms with Crippen molar-refractivity contribution in [3.05, 3.63) is 89.5 Å². The Hall–Kier alpha value is -3.31. The number of hydrogen-bond acceptors (Lipinski definition) is 4. The summed E-state index contributed by atoms with van der Waals surface area (Å²) in [7, 11) is 1.94. The van der Waals surface area contributed by atoms with E-state index in [9.17, 15) is 4.79 Å². The number of rotatable bonds is 7. The largest absolute Gasteiger partial charge is 0.486 e. The van der Waals surface area contributed by atoms with Crippen molar-refractivity contribution in [1.29, 1.82) is 0 Å². The van der Waals surface area contributed by atoms with E-state index in [0.717, 1.165) is 34.7 Å². The van der Waals surface area contributed by atoms with E-state index in [1.807, 2.05) is 66.5 Å². The number of carbonyl (C=O) groups excluding carboxylic acids is 1. The number of nitrogens with one attached hydrogen (secondary N) is 1. The topological polar surface area (TPSA) is 50.8 Å². The van der Waals surface area contributed by atoms with E-state index in [4.69, 9.17) is 9.47 Å². The zero-order valence-corrected chi connectivity index (χ0v) is 17.1. The molecule has 0 aliphatic carbocycles. The molecule has 1 N–H and O–H groups in total. The highest BCUT2D eigenvalue weighted by Crippen LogP contribution is 2.31. The summed E-state index contributed by atoms with van der Waals surface area (Å²) in [6, 6.07) is 24.1. The summed E-state index contributed by atoms with van der Waals surface area (Å²) >= 11 is 0. The molecule has 1 heterocycles. The smallest absolute Gasteiger partial charge is 0.238 e. The highest BCUT2D eigenvalue weighted by molar-refractivity contribution is 5.93. The lowest BCUT2D eigenvalue weighted by Gasteiger charge is -2.21. The standard InChI is InChI=1S/C25H26N2O3/c1-27(17-20-11-12-23-24(16-20)30-14-13-29-23)18-25(28)26-22-10-6-5-9-21(22)15-19-7-3-2-4-8-19/h2-12,16H,13-15,17-18H2,1H3,(H,26,28). The van der Waals surface area contributed by atoms with Crippen molar-refractivity contribution in [2.75, 3.05) is 32.1 Å². The van der Waals surface area contributed by atoms with Crippen molar-refractivity contribution in [1.82, 2.24) is 4.90 Å². The molecule has 1 amide bonds. The maximum atomic E-state index is 12.7. The number of ether oxygens (including phenoxy) is 2. The van der Waals surface area contributed by atoms with Gasteiger partial charge in [0.2, 0.25) is 5.91 Å². The molecule has 0 saturated heterocycles. The number of nitrogens with zero attached hydrogens (tertiary/aromatic N) is 1. The van der Waals surface area contributed by atoms with Gasteiger partial charge in [-0.05, 0) is 48.4 Å². The van der Waals surface area contributed by atoms with Crippen molar-refractivity contribution in [3.63, 3.8) is 0 Å². The number of hydrogen-bond donors (Lipinski definition) is 1. The average Bonchev–Trinajstić information content (AvgIpc) is 2.75. The van der Waals surface area contributed by atoms with Crippen LogP contribution in [0.2, 0.25) is 0 Å². The van der Waals surface area contributed by atoms with Crippen LogP contribution in [-0.4, -0.2) is 37.6 Å². The molecule has 5 heteroatoms. The molecule has 3 aromatic rings. The van der Waals surface area contributed by atoms with Gasteiger partial charge in [-0.1, -0.05) is 54.6 Å². The molecule has 0 atom stereocenters. The molecular weight excluding hydrogens is 376 g/mol. The van der Waals surface area contributed by atoms with Crippen molar-refractivity contribution < 1.29 is 14.3 Å². The first-order chi connectivity index (χ1) is 14.7. The highest BCUT2D eigenvalue weighted by Gasteiger charge is 2.14. The van der Waals surface area contributed by atoms with Gasteiger partial charge in [0.15, 0.2) is 11.5 Å². The highest BCUT2D eigenvalue weighted by atomic mass is 16.6. The van der Waals surface area contributed by atoms with E-state index in [0.29, 0.717) is 26.3 Å². The third-order valence-electron chi connectivity index (χ3n) is 5.00. The lowest BCUT2D eigenvalue weighted by atomic mass is 10.0. The van der Waals surface area contributed by atoms with Crippen LogP contribution in [0.4, 0.5) is 5.69 Å². The summed E-state index contributed by atoms with van der Waals surface area (Å²) in [6.07, 6.45) is 0.782. The minimum absolute atomic E-state index is 0.0319. The first-order valence-corrected chi connectivity index (χ1v) is 10.2. The van der Waals surface area contributed by atoms with Gasteiger partial charge < -0.3 is 14.8 Å². The van der Waals surface area contributed by atoms with E-state index in [1.54, 1.807) is 0 Å². The second kappa shape index (κ2) is 9.46. The Morgan fingerprint density at radius 3 is 2.47 bits per heavy atom. The van der Waals surface area contributed by atoms with Crippen molar-refractivity contribution in [2.24, 2.45) is 0 Å². The molecule has 0 spiro atoms. The van der Waals surface area contributed by atoms with Gasteiger partial charge in [-0.15, -0.1) is 0 Å². The molecule has 0 bridgehead atoms. The molecule has 0 saturated carbocycles. The van der Waals surface area contributed by atoms with E-state index in [1.165, 1.54) is 5.56 Å². The number of anilines is 1. The Morgan fingerprint density at radius 1 is 0.900 bits per heavy atom.